The van der Waals surface area contributed by atoms with Gasteiger partial charge in [0.1, 0.15) is 0 Å². The molecule has 5 heteroatoms. The van der Waals surface area contributed by atoms with E-state index in [-0.39, 0.29) is 11.6 Å². The van der Waals surface area contributed by atoms with E-state index in [4.69, 9.17) is 5.11 Å². The largest absolute Gasteiger partial charge is 0.478 e. The summed E-state index contributed by atoms with van der Waals surface area (Å²) in [6, 6.07) is 6.40. The van der Waals surface area contributed by atoms with Gasteiger partial charge in [0.15, 0.2) is 0 Å². The van der Waals surface area contributed by atoms with Crippen LogP contribution in [0.5, 0.6) is 0 Å². The van der Waals surface area contributed by atoms with Gasteiger partial charge < -0.3 is 5.11 Å². The van der Waals surface area contributed by atoms with Crippen molar-refractivity contribution < 1.29 is 14.8 Å². The summed E-state index contributed by atoms with van der Waals surface area (Å²) in [5.74, 6) is -0.852. The van der Waals surface area contributed by atoms with Gasteiger partial charge in [-0.25, -0.2) is 4.79 Å². The first-order valence-corrected chi connectivity index (χ1v) is 6.25. The molecule has 2 rings (SSSR count). The smallest absolute Gasteiger partial charge is 0.328 e. The fourth-order valence-electron chi connectivity index (χ4n) is 2.58. The quantitative estimate of drug-likeness (QED) is 0.514. The van der Waals surface area contributed by atoms with E-state index in [0.717, 1.165) is 36.8 Å². The van der Waals surface area contributed by atoms with E-state index in [0.29, 0.717) is 0 Å². The van der Waals surface area contributed by atoms with Crippen LogP contribution < -0.4 is 0 Å². The molecule has 1 unspecified atom stereocenters. The van der Waals surface area contributed by atoms with E-state index in [1.54, 1.807) is 12.1 Å². The number of nitro groups is 1. The molecule has 1 aromatic carbocycles. The summed E-state index contributed by atoms with van der Waals surface area (Å²) >= 11 is 0. The highest BCUT2D eigenvalue weighted by Gasteiger charge is 2.22. The Hall–Kier alpha value is -2.17. The van der Waals surface area contributed by atoms with Gasteiger partial charge in [-0.15, -0.1) is 0 Å². The summed E-state index contributed by atoms with van der Waals surface area (Å²) in [6.07, 6.45) is 5.03. The van der Waals surface area contributed by atoms with Crippen LogP contribution in [0.3, 0.4) is 0 Å². The summed E-state index contributed by atoms with van der Waals surface area (Å²) in [5.41, 5.74) is 1.92. The first-order chi connectivity index (χ1) is 9.08. The molecular weight excluding hydrogens is 246 g/mol. The molecule has 5 nitrogen and oxygen atoms in total. The predicted molar refractivity (Wildman–Crippen MR) is 70.0 cm³/mol. The molecule has 0 heterocycles. The molecule has 1 fully saturated rings. The van der Waals surface area contributed by atoms with E-state index < -0.39 is 10.9 Å². The van der Waals surface area contributed by atoms with Crippen LogP contribution in [-0.2, 0) is 4.79 Å². The topological polar surface area (TPSA) is 80.4 Å². The van der Waals surface area contributed by atoms with Crippen molar-refractivity contribution in [3.8, 4) is 0 Å². The summed E-state index contributed by atoms with van der Waals surface area (Å²) in [5, 5.41) is 19.5. The van der Waals surface area contributed by atoms with Crippen LogP contribution in [0.25, 0.3) is 0 Å². The molecule has 0 aromatic heterocycles. The number of benzene rings is 1. The number of hydrogen-bond donors (Lipinski definition) is 1. The number of non-ortho nitro benzene ring substituents is 1. The van der Waals surface area contributed by atoms with Crippen LogP contribution in [0.15, 0.2) is 35.9 Å². The van der Waals surface area contributed by atoms with Crippen LogP contribution in [0.1, 0.15) is 37.2 Å². The first-order valence-electron chi connectivity index (χ1n) is 6.25. The molecule has 0 spiro atoms. The minimum Gasteiger partial charge on any atom is -0.478 e. The lowest BCUT2D eigenvalue weighted by molar-refractivity contribution is -0.384. The summed E-state index contributed by atoms with van der Waals surface area (Å²) in [6.45, 7) is 0. The van der Waals surface area contributed by atoms with E-state index >= 15 is 0 Å². The van der Waals surface area contributed by atoms with Gasteiger partial charge in [0.2, 0.25) is 0 Å². The van der Waals surface area contributed by atoms with Crippen molar-refractivity contribution in [2.75, 3.05) is 0 Å². The maximum atomic E-state index is 10.8. The van der Waals surface area contributed by atoms with Gasteiger partial charge in [-0.2, -0.15) is 0 Å². The Morgan fingerprint density at radius 3 is 2.58 bits per heavy atom. The van der Waals surface area contributed by atoms with Crippen molar-refractivity contribution in [2.24, 2.45) is 0 Å². The molecule has 19 heavy (non-hydrogen) atoms. The average molecular weight is 261 g/mol. The first kappa shape index (κ1) is 13.3. The molecule has 0 saturated heterocycles. The van der Waals surface area contributed by atoms with Gasteiger partial charge >= 0.3 is 5.97 Å². The Bertz CT molecular complexity index is 519. The third kappa shape index (κ3) is 3.19. The Labute approximate surface area is 110 Å². The molecule has 0 radical (unpaired) electrons. The number of aliphatic carboxylic acids is 1. The van der Waals surface area contributed by atoms with Crippen LogP contribution in [0, 0.1) is 10.1 Å². The van der Waals surface area contributed by atoms with E-state index in [9.17, 15) is 14.9 Å². The standard InChI is InChI=1S/C14H15NO4/c16-14(17)9-11-3-1-2-4-13(11)10-5-7-12(8-6-10)15(18)19/h5-9,13H,1-4H2,(H,16,17)/b11-9+. The summed E-state index contributed by atoms with van der Waals surface area (Å²) in [7, 11) is 0. The molecule has 0 aliphatic heterocycles. The van der Waals surface area contributed by atoms with Gasteiger partial charge in [0, 0.05) is 24.1 Å². The number of carboxylic acid groups (broad SMARTS) is 1. The van der Waals surface area contributed by atoms with Gasteiger partial charge in [-0.3, -0.25) is 10.1 Å². The van der Waals surface area contributed by atoms with Crippen molar-refractivity contribution in [3.05, 3.63) is 51.6 Å². The molecule has 0 amide bonds. The third-order valence-corrected chi connectivity index (χ3v) is 3.47. The van der Waals surface area contributed by atoms with Crippen molar-refractivity contribution in [1.82, 2.24) is 0 Å². The zero-order valence-electron chi connectivity index (χ0n) is 10.4. The molecule has 100 valence electrons. The normalized spacial score (nSPS) is 21.3. The van der Waals surface area contributed by atoms with Crippen LogP contribution in [0.2, 0.25) is 0 Å². The molecule has 1 aromatic rings. The zero-order valence-corrected chi connectivity index (χ0v) is 10.4. The van der Waals surface area contributed by atoms with Crippen LogP contribution >= 0.6 is 0 Å². The maximum Gasteiger partial charge on any atom is 0.328 e. The average Bonchev–Trinajstić information content (AvgIpc) is 2.39. The molecular formula is C14H15NO4. The van der Waals surface area contributed by atoms with Gasteiger partial charge in [0.25, 0.3) is 5.69 Å². The van der Waals surface area contributed by atoms with E-state index in [1.165, 1.54) is 18.2 Å². The second-order valence-electron chi connectivity index (χ2n) is 4.70. The molecule has 0 bridgehead atoms. The second-order valence-corrected chi connectivity index (χ2v) is 4.70. The number of hydrogen-bond acceptors (Lipinski definition) is 3. The van der Waals surface area contributed by atoms with Crippen LogP contribution in [0.4, 0.5) is 5.69 Å². The van der Waals surface area contributed by atoms with Crippen LogP contribution in [-0.4, -0.2) is 16.0 Å². The SMILES string of the molecule is O=C(O)/C=C1\CCCCC1c1ccc([N+](=O)[O-])cc1. The van der Waals surface area contributed by atoms with Crippen molar-refractivity contribution in [3.63, 3.8) is 0 Å². The number of allylic oxidation sites excluding steroid dienone is 1. The van der Waals surface area contributed by atoms with Crippen molar-refractivity contribution >= 4 is 11.7 Å². The number of rotatable bonds is 3. The van der Waals surface area contributed by atoms with Crippen molar-refractivity contribution in [1.29, 1.82) is 0 Å². The summed E-state index contributed by atoms with van der Waals surface area (Å²) in [4.78, 5) is 21.0. The highest BCUT2D eigenvalue weighted by atomic mass is 16.6. The monoisotopic (exact) mass is 261 g/mol. The number of carbonyl (C=O) groups is 1. The lowest BCUT2D eigenvalue weighted by atomic mass is 9.79. The Kier molecular flexibility index (Phi) is 3.94. The van der Waals surface area contributed by atoms with Gasteiger partial charge in [0.05, 0.1) is 4.92 Å². The van der Waals surface area contributed by atoms with E-state index in [1.807, 2.05) is 0 Å². The lowest BCUT2D eigenvalue weighted by Gasteiger charge is -2.25. The second kappa shape index (κ2) is 5.65. The fourth-order valence-corrected chi connectivity index (χ4v) is 2.58. The summed E-state index contributed by atoms with van der Waals surface area (Å²) < 4.78 is 0. The molecule has 1 saturated carbocycles. The number of nitro benzene ring substituents is 1. The van der Waals surface area contributed by atoms with Gasteiger partial charge in [-0.1, -0.05) is 24.1 Å². The Morgan fingerprint density at radius 1 is 1.32 bits per heavy atom. The third-order valence-electron chi connectivity index (χ3n) is 3.47. The predicted octanol–water partition coefficient (Wildman–Crippen LogP) is 3.26. The lowest BCUT2D eigenvalue weighted by Crippen LogP contribution is -2.10. The molecule has 1 aliphatic carbocycles. The minimum absolute atomic E-state index is 0.0586. The maximum absolute atomic E-state index is 10.8. The molecule has 1 N–H and O–H groups in total. The Balaban J connectivity index is 2.27. The number of carboxylic acids is 1. The van der Waals surface area contributed by atoms with Crippen molar-refractivity contribution in [2.45, 2.75) is 31.6 Å². The molecule has 1 aliphatic rings. The highest BCUT2D eigenvalue weighted by molar-refractivity contribution is 5.81. The van der Waals surface area contributed by atoms with Gasteiger partial charge in [-0.05, 0) is 24.8 Å². The van der Waals surface area contributed by atoms with E-state index in [2.05, 4.69) is 0 Å². The highest BCUT2D eigenvalue weighted by Crippen LogP contribution is 2.37. The zero-order chi connectivity index (χ0) is 13.8. The molecule has 1 atom stereocenters. The fraction of sp³-hybridized carbons (Fsp3) is 0.357. The minimum atomic E-state index is -0.927. The number of nitrogens with zero attached hydrogens (tertiary/aromatic N) is 1. The Morgan fingerprint density at radius 2 is 2.00 bits per heavy atom.